The van der Waals surface area contributed by atoms with E-state index in [2.05, 4.69) is 130 Å². The van der Waals surface area contributed by atoms with Crippen molar-refractivity contribution < 1.29 is 28.6 Å². The first-order valence-corrected chi connectivity index (χ1v) is 32.4. The summed E-state index contributed by atoms with van der Waals surface area (Å²) in [6.07, 6.45) is 88.0. The van der Waals surface area contributed by atoms with Crippen LogP contribution in [-0.2, 0) is 28.6 Å². The minimum absolute atomic E-state index is 0.0881. The number of esters is 3. The van der Waals surface area contributed by atoms with E-state index < -0.39 is 6.10 Å². The number of unbranched alkanes of at least 4 members (excludes halogenated alkanes) is 29. The van der Waals surface area contributed by atoms with E-state index in [-0.39, 0.29) is 31.1 Å². The molecule has 0 aliphatic heterocycles. The predicted octanol–water partition coefficient (Wildman–Crippen LogP) is 22.2. The highest BCUT2D eigenvalue weighted by molar-refractivity contribution is 5.71. The first-order chi connectivity index (χ1) is 38.0. The number of carbonyl (C=O) groups is 3. The van der Waals surface area contributed by atoms with Crippen molar-refractivity contribution in [3.63, 3.8) is 0 Å². The van der Waals surface area contributed by atoms with Gasteiger partial charge in [0.1, 0.15) is 13.2 Å². The van der Waals surface area contributed by atoms with E-state index >= 15 is 0 Å². The van der Waals surface area contributed by atoms with E-state index in [4.69, 9.17) is 14.2 Å². The molecule has 0 saturated heterocycles. The third-order valence-electron chi connectivity index (χ3n) is 13.7. The van der Waals surface area contributed by atoms with Gasteiger partial charge >= 0.3 is 17.9 Å². The number of hydrogen-bond acceptors (Lipinski definition) is 6. The van der Waals surface area contributed by atoms with Crippen molar-refractivity contribution in [2.75, 3.05) is 13.2 Å². The second-order valence-corrected chi connectivity index (χ2v) is 21.3. The maximum absolute atomic E-state index is 12.9. The van der Waals surface area contributed by atoms with Crippen molar-refractivity contribution in [2.45, 2.75) is 309 Å². The van der Waals surface area contributed by atoms with Gasteiger partial charge in [0.2, 0.25) is 0 Å². The number of rotatable bonds is 58. The van der Waals surface area contributed by atoms with Crippen molar-refractivity contribution >= 4 is 17.9 Å². The minimum atomic E-state index is -0.793. The van der Waals surface area contributed by atoms with Crippen LogP contribution in [0.3, 0.4) is 0 Å². The molecule has 440 valence electrons. The Kier molecular flexibility index (Phi) is 61.3. The van der Waals surface area contributed by atoms with Gasteiger partial charge in [0.25, 0.3) is 0 Å². The molecule has 0 saturated carbocycles. The molecule has 0 fully saturated rings. The summed E-state index contributed by atoms with van der Waals surface area (Å²) in [5.74, 6) is -0.904. The van der Waals surface area contributed by atoms with Crippen LogP contribution in [0.2, 0.25) is 0 Å². The largest absolute Gasteiger partial charge is 0.462 e. The molecule has 0 amide bonds. The summed E-state index contributed by atoms with van der Waals surface area (Å²) in [7, 11) is 0. The molecule has 0 aromatic heterocycles. The highest BCUT2D eigenvalue weighted by atomic mass is 16.6. The van der Waals surface area contributed by atoms with Crippen molar-refractivity contribution in [1.29, 1.82) is 0 Å². The van der Waals surface area contributed by atoms with E-state index in [9.17, 15) is 14.4 Å². The van der Waals surface area contributed by atoms with Gasteiger partial charge in [0.15, 0.2) is 6.10 Å². The van der Waals surface area contributed by atoms with Crippen LogP contribution in [0, 0.1) is 0 Å². The molecular weight excluding hydrogens is 949 g/mol. The summed E-state index contributed by atoms with van der Waals surface area (Å²) in [6.45, 7) is 6.41. The number of ether oxygens (including phenoxy) is 3. The molecule has 0 spiro atoms. The summed E-state index contributed by atoms with van der Waals surface area (Å²) in [5, 5.41) is 0. The van der Waals surface area contributed by atoms with E-state index in [1.54, 1.807) is 0 Å². The van der Waals surface area contributed by atoms with E-state index in [1.807, 2.05) is 0 Å². The van der Waals surface area contributed by atoms with Gasteiger partial charge in [-0.25, -0.2) is 0 Å². The fraction of sp³-hybridized carbons (Fsp3) is 0.704. The standard InChI is InChI=1S/C71H120O6/c1-4-7-10-13-16-19-22-25-28-31-32-33-34-35-36-37-38-41-43-46-49-52-55-58-61-64-70(73)76-67-68(77-71(74)65-62-59-56-53-50-47-44-40-30-27-24-21-18-15-12-9-6-3)66-75-69(72)63-60-57-54-51-48-45-42-39-29-26-23-20-17-14-11-8-5-2/h8-9,11-12,17-18,20-22,25-27,29-32,34-35,68H,4-7,10,13-16,19,23-24,28,33,36-67H2,1-3H3/b11-8-,12-9-,20-17-,21-18-,25-22-,29-26-,30-27-,32-31-,35-34-. The summed E-state index contributed by atoms with van der Waals surface area (Å²) in [4.78, 5) is 38.4. The lowest BCUT2D eigenvalue weighted by molar-refractivity contribution is -0.167. The Hall–Kier alpha value is -3.93. The zero-order valence-corrected chi connectivity index (χ0v) is 50.4. The highest BCUT2D eigenvalue weighted by Gasteiger charge is 2.19. The molecule has 6 heteroatoms. The molecule has 0 radical (unpaired) electrons. The third kappa shape index (κ3) is 62.8. The van der Waals surface area contributed by atoms with Gasteiger partial charge in [-0.15, -0.1) is 0 Å². The van der Waals surface area contributed by atoms with E-state index in [0.29, 0.717) is 19.3 Å². The van der Waals surface area contributed by atoms with Crippen molar-refractivity contribution in [1.82, 2.24) is 0 Å². The fourth-order valence-corrected chi connectivity index (χ4v) is 8.95. The zero-order chi connectivity index (χ0) is 55.7. The van der Waals surface area contributed by atoms with Crippen LogP contribution in [0.5, 0.6) is 0 Å². The Morgan fingerprint density at radius 1 is 0.273 bits per heavy atom. The fourth-order valence-electron chi connectivity index (χ4n) is 8.95. The minimum Gasteiger partial charge on any atom is -0.462 e. The van der Waals surface area contributed by atoms with Crippen molar-refractivity contribution in [3.8, 4) is 0 Å². The smallest absolute Gasteiger partial charge is 0.306 e. The van der Waals surface area contributed by atoms with Crippen LogP contribution < -0.4 is 0 Å². The molecular formula is C71H120O6. The molecule has 0 heterocycles. The van der Waals surface area contributed by atoms with Crippen molar-refractivity contribution in [2.24, 2.45) is 0 Å². The quantitative estimate of drug-likeness (QED) is 0.0261. The molecule has 0 aliphatic rings. The van der Waals surface area contributed by atoms with Crippen LogP contribution in [0.25, 0.3) is 0 Å². The Labute approximate surface area is 476 Å². The molecule has 1 unspecified atom stereocenters. The van der Waals surface area contributed by atoms with Gasteiger partial charge in [-0.2, -0.15) is 0 Å². The van der Waals surface area contributed by atoms with E-state index in [0.717, 1.165) is 122 Å². The lowest BCUT2D eigenvalue weighted by Gasteiger charge is -2.18. The van der Waals surface area contributed by atoms with Gasteiger partial charge in [0, 0.05) is 19.3 Å². The average Bonchev–Trinajstić information content (AvgIpc) is 3.43. The first kappa shape index (κ1) is 73.1. The highest BCUT2D eigenvalue weighted by Crippen LogP contribution is 2.16. The van der Waals surface area contributed by atoms with Crippen molar-refractivity contribution in [3.05, 3.63) is 109 Å². The Balaban J connectivity index is 4.37. The van der Waals surface area contributed by atoms with Gasteiger partial charge in [-0.1, -0.05) is 271 Å². The topological polar surface area (TPSA) is 78.9 Å². The predicted molar refractivity (Wildman–Crippen MR) is 334 cm³/mol. The van der Waals surface area contributed by atoms with E-state index in [1.165, 1.54) is 141 Å². The number of allylic oxidation sites excluding steroid dienone is 18. The molecule has 0 aliphatic carbocycles. The maximum atomic E-state index is 12.9. The lowest BCUT2D eigenvalue weighted by atomic mass is 10.1. The second kappa shape index (κ2) is 64.6. The molecule has 0 aromatic rings. The van der Waals surface area contributed by atoms with Crippen LogP contribution in [0.1, 0.15) is 303 Å². The zero-order valence-electron chi connectivity index (χ0n) is 50.4. The SMILES string of the molecule is CC/C=C\C/C=C\C/C=C\CCCCCCCCCC(=O)OCC(COC(=O)CCCCCCCCCCCC/C=C\C/C=C\C/C=C\CCCCCCC)OC(=O)CCCCCCCCC/C=C\C/C=C\C/C=C\CC. The average molecular weight is 1070 g/mol. The molecule has 77 heavy (non-hydrogen) atoms. The van der Waals surface area contributed by atoms with Crippen LogP contribution in [0.15, 0.2) is 109 Å². The summed E-state index contributed by atoms with van der Waals surface area (Å²) >= 11 is 0. The monoisotopic (exact) mass is 1070 g/mol. The van der Waals surface area contributed by atoms with Gasteiger partial charge in [0.05, 0.1) is 0 Å². The molecule has 0 aromatic carbocycles. The van der Waals surface area contributed by atoms with Crippen LogP contribution >= 0.6 is 0 Å². The molecule has 6 nitrogen and oxygen atoms in total. The summed E-state index contributed by atoms with van der Waals surface area (Å²) in [5.41, 5.74) is 0. The Bertz CT molecular complexity index is 1560. The summed E-state index contributed by atoms with van der Waals surface area (Å²) < 4.78 is 16.9. The summed E-state index contributed by atoms with van der Waals surface area (Å²) in [6, 6.07) is 0. The third-order valence-corrected chi connectivity index (χ3v) is 13.7. The Morgan fingerprint density at radius 2 is 0.506 bits per heavy atom. The van der Waals surface area contributed by atoms with Gasteiger partial charge < -0.3 is 14.2 Å². The first-order valence-electron chi connectivity index (χ1n) is 32.4. The molecule has 0 bridgehead atoms. The second-order valence-electron chi connectivity index (χ2n) is 21.3. The molecule has 1 atom stereocenters. The number of carbonyl (C=O) groups excluding carboxylic acids is 3. The lowest BCUT2D eigenvalue weighted by Crippen LogP contribution is -2.30. The number of hydrogen-bond donors (Lipinski definition) is 0. The van der Waals surface area contributed by atoms with Gasteiger partial charge in [-0.3, -0.25) is 14.4 Å². The Morgan fingerprint density at radius 3 is 0.792 bits per heavy atom. The molecule has 0 rings (SSSR count). The van der Waals surface area contributed by atoms with Crippen LogP contribution in [0.4, 0.5) is 0 Å². The molecule has 0 N–H and O–H groups in total. The van der Waals surface area contributed by atoms with Gasteiger partial charge in [-0.05, 0) is 122 Å². The maximum Gasteiger partial charge on any atom is 0.306 e. The normalized spacial score (nSPS) is 12.8. The van der Waals surface area contributed by atoms with Crippen LogP contribution in [-0.4, -0.2) is 37.2 Å².